The van der Waals surface area contributed by atoms with Gasteiger partial charge in [0.2, 0.25) is 0 Å². The molecular weight excluding hydrogens is 188 g/mol. The Kier molecular flexibility index (Phi) is 5.19. The fraction of sp³-hybridized carbons (Fsp3) is 0.462. The van der Waals surface area contributed by atoms with Crippen LogP contribution in [-0.4, -0.2) is 17.8 Å². The quantitative estimate of drug-likeness (QED) is 0.726. The van der Waals surface area contributed by atoms with Crippen LogP contribution < -0.4 is 4.74 Å². The van der Waals surface area contributed by atoms with Crippen LogP contribution in [0.25, 0.3) is 0 Å². The van der Waals surface area contributed by atoms with E-state index in [1.165, 1.54) is 0 Å². The molecule has 1 rings (SSSR count). The second-order valence-electron chi connectivity index (χ2n) is 3.70. The van der Waals surface area contributed by atoms with E-state index < -0.39 is 6.10 Å². The van der Waals surface area contributed by atoms with Gasteiger partial charge in [-0.25, -0.2) is 0 Å². The molecule has 0 heterocycles. The van der Waals surface area contributed by atoms with E-state index in [4.69, 9.17) is 9.84 Å². The zero-order chi connectivity index (χ0) is 11.1. The molecule has 1 aromatic rings. The number of unbranched alkanes of at least 4 members (excludes halogenated alkanes) is 1. The average molecular weight is 207 g/mol. The molecule has 1 atom stereocenters. The van der Waals surface area contributed by atoms with Crippen molar-refractivity contribution in [3.05, 3.63) is 36.8 Å². The van der Waals surface area contributed by atoms with Gasteiger partial charge in [-0.1, -0.05) is 25.5 Å². The van der Waals surface area contributed by atoms with Gasteiger partial charge < -0.3 is 9.84 Å². The van der Waals surface area contributed by atoms with E-state index in [9.17, 15) is 0 Å². The first kappa shape index (κ1) is 12.1. The summed E-state index contributed by atoms with van der Waals surface area (Å²) in [7, 11) is 0. The van der Waals surface area contributed by atoms with Crippen LogP contribution in [0.15, 0.2) is 24.3 Å². The van der Waals surface area contributed by atoms with E-state index in [0.29, 0.717) is 6.42 Å². The van der Waals surface area contributed by atoms with Crippen molar-refractivity contribution in [3.63, 3.8) is 0 Å². The third kappa shape index (κ3) is 4.84. The van der Waals surface area contributed by atoms with Crippen LogP contribution in [-0.2, 0) is 6.42 Å². The first-order chi connectivity index (χ1) is 7.22. The van der Waals surface area contributed by atoms with E-state index >= 15 is 0 Å². The van der Waals surface area contributed by atoms with Crippen LogP contribution in [0.2, 0.25) is 0 Å². The predicted molar refractivity (Wildman–Crippen MR) is 61.9 cm³/mol. The maximum Gasteiger partial charge on any atom is 0.119 e. The standard InChI is InChI=1S/C13H19O2/c1-3-4-9-15-13-7-5-12(6-8-13)10-11(2)14/h5-8,11,14H,2-4,9-10H2,1H3. The van der Waals surface area contributed by atoms with Crippen molar-refractivity contribution in [1.29, 1.82) is 0 Å². The minimum atomic E-state index is -0.531. The summed E-state index contributed by atoms with van der Waals surface area (Å²) in [6, 6.07) is 7.81. The molecule has 0 saturated heterocycles. The molecule has 0 aliphatic heterocycles. The zero-order valence-electron chi connectivity index (χ0n) is 9.28. The van der Waals surface area contributed by atoms with Crippen molar-refractivity contribution in [2.45, 2.75) is 32.3 Å². The molecule has 1 unspecified atom stereocenters. The third-order valence-corrected chi connectivity index (χ3v) is 2.16. The third-order valence-electron chi connectivity index (χ3n) is 2.16. The normalized spacial score (nSPS) is 12.5. The Morgan fingerprint density at radius 1 is 1.33 bits per heavy atom. The molecule has 0 aliphatic carbocycles. The summed E-state index contributed by atoms with van der Waals surface area (Å²) in [5.41, 5.74) is 1.08. The van der Waals surface area contributed by atoms with Crippen LogP contribution in [0.1, 0.15) is 25.3 Å². The fourth-order valence-electron chi connectivity index (χ4n) is 1.33. The molecular formula is C13H19O2. The van der Waals surface area contributed by atoms with Gasteiger partial charge in [-0.15, -0.1) is 0 Å². The van der Waals surface area contributed by atoms with Crippen LogP contribution in [0, 0.1) is 6.92 Å². The van der Waals surface area contributed by atoms with E-state index in [0.717, 1.165) is 30.8 Å². The van der Waals surface area contributed by atoms with Gasteiger partial charge in [0, 0.05) is 0 Å². The number of benzene rings is 1. The SMILES string of the molecule is [CH2]C(O)Cc1ccc(OCCCC)cc1. The Labute approximate surface area is 91.9 Å². The van der Waals surface area contributed by atoms with Crippen molar-refractivity contribution < 1.29 is 9.84 Å². The van der Waals surface area contributed by atoms with Gasteiger partial charge in [0.1, 0.15) is 5.75 Å². The summed E-state index contributed by atoms with van der Waals surface area (Å²) in [4.78, 5) is 0. The van der Waals surface area contributed by atoms with Gasteiger partial charge >= 0.3 is 0 Å². The molecule has 2 heteroatoms. The maximum absolute atomic E-state index is 9.11. The summed E-state index contributed by atoms with van der Waals surface area (Å²) in [6.07, 6.45) is 2.29. The Morgan fingerprint density at radius 3 is 2.53 bits per heavy atom. The summed E-state index contributed by atoms with van der Waals surface area (Å²) in [5, 5.41) is 9.11. The molecule has 1 N–H and O–H groups in total. The summed E-state index contributed by atoms with van der Waals surface area (Å²) < 4.78 is 5.53. The molecule has 0 aliphatic rings. The van der Waals surface area contributed by atoms with Crippen LogP contribution in [0.3, 0.4) is 0 Å². The molecule has 15 heavy (non-hydrogen) atoms. The van der Waals surface area contributed by atoms with Crippen molar-refractivity contribution in [1.82, 2.24) is 0 Å². The van der Waals surface area contributed by atoms with Gasteiger partial charge in [-0.2, -0.15) is 0 Å². The van der Waals surface area contributed by atoms with E-state index in [-0.39, 0.29) is 0 Å². The highest BCUT2D eigenvalue weighted by Crippen LogP contribution is 2.13. The van der Waals surface area contributed by atoms with E-state index in [1.807, 2.05) is 24.3 Å². The van der Waals surface area contributed by atoms with Crippen molar-refractivity contribution in [3.8, 4) is 5.75 Å². The second-order valence-corrected chi connectivity index (χ2v) is 3.70. The van der Waals surface area contributed by atoms with Gasteiger partial charge in [-0.3, -0.25) is 0 Å². The molecule has 0 bridgehead atoms. The van der Waals surface area contributed by atoms with Crippen LogP contribution >= 0.6 is 0 Å². The molecule has 2 nitrogen and oxygen atoms in total. The highest BCUT2D eigenvalue weighted by Gasteiger charge is 1.99. The Bertz CT molecular complexity index is 264. The number of aliphatic hydroxyl groups is 1. The Morgan fingerprint density at radius 2 is 2.00 bits per heavy atom. The topological polar surface area (TPSA) is 29.5 Å². The monoisotopic (exact) mass is 207 g/mol. The molecule has 0 saturated carbocycles. The first-order valence-electron chi connectivity index (χ1n) is 5.45. The molecule has 0 amide bonds. The van der Waals surface area contributed by atoms with E-state index in [2.05, 4.69) is 13.8 Å². The van der Waals surface area contributed by atoms with Crippen molar-refractivity contribution in [2.75, 3.05) is 6.61 Å². The largest absolute Gasteiger partial charge is 0.494 e. The molecule has 0 fully saturated rings. The number of rotatable bonds is 6. The highest BCUT2D eigenvalue weighted by molar-refractivity contribution is 5.27. The predicted octanol–water partition coefficient (Wildman–Crippen LogP) is 2.60. The lowest BCUT2D eigenvalue weighted by Crippen LogP contribution is -2.04. The second kappa shape index (κ2) is 6.46. The van der Waals surface area contributed by atoms with E-state index in [1.54, 1.807) is 0 Å². The smallest absolute Gasteiger partial charge is 0.119 e. The lowest BCUT2D eigenvalue weighted by atomic mass is 10.1. The maximum atomic E-state index is 9.11. The number of hydrogen-bond acceptors (Lipinski definition) is 2. The fourth-order valence-corrected chi connectivity index (χ4v) is 1.33. The number of hydrogen-bond donors (Lipinski definition) is 1. The van der Waals surface area contributed by atoms with Gasteiger partial charge in [-0.05, 0) is 37.5 Å². The van der Waals surface area contributed by atoms with Crippen LogP contribution in [0.5, 0.6) is 5.75 Å². The Hall–Kier alpha value is -1.02. The molecule has 83 valence electrons. The minimum Gasteiger partial charge on any atom is -0.494 e. The summed E-state index contributed by atoms with van der Waals surface area (Å²) in [5.74, 6) is 0.894. The number of aliphatic hydroxyl groups excluding tert-OH is 1. The van der Waals surface area contributed by atoms with Crippen molar-refractivity contribution >= 4 is 0 Å². The number of ether oxygens (including phenoxy) is 1. The van der Waals surface area contributed by atoms with Crippen molar-refractivity contribution in [2.24, 2.45) is 0 Å². The average Bonchev–Trinajstić information content (AvgIpc) is 2.20. The lowest BCUT2D eigenvalue weighted by Gasteiger charge is -2.07. The minimum absolute atomic E-state index is 0.531. The molecule has 1 aromatic carbocycles. The van der Waals surface area contributed by atoms with Crippen LogP contribution in [0.4, 0.5) is 0 Å². The zero-order valence-corrected chi connectivity index (χ0v) is 9.28. The van der Waals surface area contributed by atoms with Gasteiger partial charge in [0.25, 0.3) is 0 Å². The lowest BCUT2D eigenvalue weighted by molar-refractivity contribution is 0.221. The highest BCUT2D eigenvalue weighted by atomic mass is 16.5. The van der Waals surface area contributed by atoms with Gasteiger partial charge in [0.15, 0.2) is 0 Å². The molecule has 0 aromatic heterocycles. The molecule has 1 radical (unpaired) electrons. The molecule has 0 spiro atoms. The summed E-state index contributed by atoms with van der Waals surface area (Å²) in [6.45, 7) is 6.45. The Balaban J connectivity index is 2.42. The van der Waals surface area contributed by atoms with Gasteiger partial charge in [0.05, 0.1) is 12.7 Å². The first-order valence-corrected chi connectivity index (χ1v) is 5.45. The summed E-state index contributed by atoms with van der Waals surface area (Å²) >= 11 is 0.